The summed E-state index contributed by atoms with van der Waals surface area (Å²) in [6.07, 6.45) is 2.63. The molecule has 1 aromatic carbocycles. The zero-order valence-corrected chi connectivity index (χ0v) is 11.3. The van der Waals surface area contributed by atoms with Crippen molar-refractivity contribution in [2.75, 3.05) is 6.54 Å². The minimum absolute atomic E-state index is 0.351. The number of hydrogen-bond donors (Lipinski definition) is 1. The first-order valence-corrected chi connectivity index (χ1v) is 6.54. The van der Waals surface area contributed by atoms with E-state index in [1.54, 1.807) is 18.5 Å². The van der Waals surface area contributed by atoms with Crippen LogP contribution in [0, 0.1) is 0 Å². The fraction of sp³-hybridized carbons (Fsp3) is 0.357. The highest BCUT2D eigenvalue weighted by molar-refractivity contribution is 5.87. The van der Waals surface area contributed by atoms with Gasteiger partial charge in [0.1, 0.15) is 12.2 Å². The lowest BCUT2D eigenvalue weighted by Gasteiger charge is -2.28. The fourth-order valence-corrected chi connectivity index (χ4v) is 2.53. The monoisotopic (exact) mass is 272 g/mol. The van der Waals surface area contributed by atoms with Crippen molar-refractivity contribution in [3.63, 3.8) is 0 Å². The van der Waals surface area contributed by atoms with Crippen molar-refractivity contribution in [3.05, 3.63) is 47.0 Å². The van der Waals surface area contributed by atoms with Gasteiger partial charge in [-0.1, -0.05) is 6.07 Å². The lowest BCUT2D eigenvalue weighted by molar-refractivity contribution is 0.0696. The van der Waals surface area contributed by atoms with Gasteiger partial charge in [-0.2, -0.15) is 0 Å². The average Bonchev–Trinajstić information content (AvgIpc) is 2.83. The van der Waals surface area contributed by atoms with Gasteiger partial charge in [-0.3, -0.25) is 4.90 Å². The molecule has 0 fully saturated rings. The zero-order valence-electron chi connectivity index (χ0n) is 11.3. The highest BCUT2D eigenvalue weighted by Crippen LogP contribution is 2.21. The van der Waals surface area contributed by atoms with Crippen molar-refractivity contribution < 1.29 is 9.90 Å². The van der Waals surface area contributed by atoms with Gasteiger partial charge in [0.05, 0.1) is 12.1 Å². The molecule has 0 amide bonds. The highest BCUT2D eigenvalue weighted by atomic mass is 16.4. The molecule has 1 aromatic heterocycles. The Labute approximate surface area is 116 Å². The second-order valence-electron chi connectivity index (χ2n) is 5.11. The van der Waals surface area contributed by atoms with E-state index in [1.165, 1.54) is 5.56 Å². The van der Waals surface area contributed by atoms with E-state index < -0.39 is 5.97 Å². The van der Waals surface area contributed by atoms with Crippen LogP contribution in [0.25, 0.3) is 0 Å². The molecule has 6 nitrogen and oxygen atoms in total. The van der Waals surface area contributed by atoms with Gasteiger partial charge >= 0.3 is 5.97 Å². The predicted octanol–water partition coefficient (Wildman–Crippen LogP) is 1.07. The zero-order chi connectivity index (χ0) is 14.1. The van der Waals surface area contributed by atoms with Crippen LogP contribution in [0.1, 0.15) is 27.3 Å². The van der Waals surface area contributed by atoms with E-state index in [4.69, 9.17) is 5.11 Å². The predicted molar refractivity (Wildman–Crippen MR) is 72.2 cm³/mol. The van der Waals surface area contributed by atoms with E-state index in [2.05, 4.69) is 15.1 Å². The lowest BCUT2D eigenvalue weighted by Crippen LogP contribution is -2.31. The fourth-order valence-electron chi connectivity index (χ4n) is 2.53. The second kappa shape index (κ2) is 5.05. The maximum absolute atomic E-state index is 11.0. The molecule has 104 valence electrons. The highest BCUT2D eigenvalue weighted by Gasteiger charge is 2.19. The Morgan fingerprint density at radius 3 is 2.95 bits per heavy atom. The molecular formula is C14H16N4O2. The number of aromatic nitrogens is 3. The molecular weight excluding hydrogens is 256 g/mol. The summed E-state index contributed by atoms with van der Waals surface area (Å²) in [5.74, 6) is 0.0427. The van der Waals surface area contributed by atoms with Crippen molar-refractivity contribution in [2.45, 2.75) is 19.5 Å². The molecule has 0 saturated heterocycles. The third kappa shape index (κ3) is 2.42. The molecule has 20 heavy (non-hydrogen) atoms. The number of benzene rings is 1. The van der Waals surface area contributed by atoms with Crippen molar-refractivity contribution >= 4 is 5.97 Å². The summed E-state index contributed by atoms with van der Waals surface area (Å²) in [5, 5.41) is 17.0. The second-order valence-corrected chi connectivity index (χ2v) is 5.11. The summed E-state index contributed by atoms with van der Waals surface area (Å²) in [4.78, 5) is 13.3. The quantitative estimate of drug-likeness (QED) is 0.905. The minimum Gasteiger partial charge on any atom is -0.478 e. The summed E-state index contributed by atoms with van der Waals surface area (Å²) < 4.78 is 1.91. The molecule has 0 aliphatic carbocycles. The molecule has 0 saturated carbocycles. The van der Waals surface area contributed by atoms with E-state index in [-0.39, 0.29) is 0 Å². The van der Waals surface area contributed by atoms with E-state index in [0.29, 0.717) is 5.56 Å². The smallest absolute Gasteiger partial charge is 0.335 e. The maximum atomic E-state index is 11.0. The number of aromatic carboxylic acids is 1. The third-order valence-electron chi connectivity index (χ3n) is 3.71. The van der Waals surface area contributed by atoms with Crippen LogP contribution < -0.4 is 0 Å². The van der Waals surface area contributed by atoms with Crippen LogP contribution in [0.15, 0.2) is 24.5 Å². The van der Waals surface area contributed by atoms with E-state index in [0.717, 1.165) is 37.4 Å². The standard InChI is InChI=1S/C14H16N4O2/c1-17-9-15-16-13(17)8-18-5-4-10-2-3-11(14(19)20)6-12(10)7-18/h2-3,6,9H,4-5,7-8H2,1H3,(H,19,20). The number of hydrogen-bond acceptors (Lipinski definition) is 4. The molecule has 0 unspecified atom stereocenters. The van der Waals surface area contributed by atoms with Crippen LogP contribution in [0.2, 0.25) is 0 Å². The van der Waals surface area contributed by atoms with Crippen LogP contribution in [0.3, 0.4) is 0 Å². The SMILES string of the molecule is Cn1cnnc1CN1CCc2ccc(C(=O)O)cc2C1. The average molecular weight is 272 g/mol. The summed E-state index contributed by atoms with van der Waals surface area (Å²) in [5.41, 5.74) is 2.69. The molecule has 2 aromatic rings. The third-order valence-corrected chi connectivity index (χ3v) is 3.71. The number of carbonyl (C=O) groups is 1. The van der Waals surface area contributed by atoms with Gasteiger partial charge in [0.25, 0.3) is 0 Å². The van der Waals surface area contributed by atoms with Crippen molar-refractivity contribution in [2.24, 2.45) is 7.05 Å². The van der Waals surface area contributed by atoms with Crippen LogP contribution in [0.5, 0.6) is 0 Å². The number of nitrogens with zero attached hydrogens (tertiary/aromatic N) is 4. The number of carboxylic acid groups (broad SMARTS) is 1. The van der Waals surface area contributed by atoms with Gasteiger partial charge in [-0.15, -0.1) is 10.2 Å². The Morgan fingerprint density at radius 1 is 1.40 bits per heavy atom. The Bertz CT molecular complexity index is 650. The van der Waals surface area contributed by atoms with Crippen LogP contribution in [-0.2, 0) is 26.6 Å². The van der Waals surface area contributed by atoms with Crippen molar-refractivity contribution in [1.29, 1.82) is 0 Å². The first kappa shape index (κ1) is 12.8. The largest absolute Gasteiger partial charge is 0.478 e. The molecule has 1 aliphatic rings. The van der Waals surface area contributed by atoms with Crippen molar-refractivity contribution in [1.82, 2.24) is 19.7 Å². The van der Waals surface area contributed by atoms with Gasteiger partial charge in [-0.05, 0) is 29.7 Å². The molecule has 3 rings (SSSR count). The number of rotatable bonds is 3. The normalized spacial score (nSPS) is 15.1. The summed E-state index contributed by atoms with van der Waals surface area (Å²) in [6, 6.07) is 5.39. The van der Waals surface area contributed by atoms with Crippen LogP contribution >= 0.6 is 0 Å². The molecule has 1 N–H and O–H groups in total. The topological polar surface area (TPSA) is 71.2 Å². The summed E-state index contributed by atoms with van der Waals surface area (Å²) >= 11 is 0. The first-order valence-electron chi connectivity index (χ1n) is 6.54. The molecule has 6 heteroatoms. The van der Waals surface area contributed by atoms with Gasteiger partial charge in [0.2, 0.25) is 0 Å². The van der Waals surface area contributed by atoms with Gasteiger partial charge < -0.3 is 9.67 Å². The van der Waals surface area contributed by atoms with E-state index >= 15 is 0 Å². The maximum Gasteiger partial charge on any atom is 0.335 e. The molecule has 0 atom stereocenters. The van der Waals surface area contributed by atoms with Crippen molar-refractivity contribution in [3.8, 4) is 0 Å². The summed E-state index contributed by atoms with van der Waals surface area (Å²) in [6.45, 7) is 2.43. The minimum atomic E-state index is -0.877. The number of aryl methyl sites for hydroxylation is 1. The first-order chi connectivity index (χ1) is 9.63. The summed E-state index contributed by atoms with van der Waals surface area (Å²) in [7, 11) is 1.93. The molecule has 0 spiro atoms. The molecule has 2 heterocycles. The molecule has 0 radical (unpaired) electrons. The van der Waals surface area contributed by atoms with E-state index in [1.807, 2.05) is 17.7 Å². The Balaban J connectivity index is 1.78. The van der Waals surface area contributed by atoms with E-state index in [9.17, 15) is 4.79 Å². The van der Waals surface area contributed by atoms with Crippen LogP contribution in [-0.4, -0.2) is 37.3 Å². The van der Waals surface area contributed by atoms with Gasteiger partial charge in [0.15, 0.2) is 0 Å². The van der Waals surface area contributed by atoms with Gasteiger partial charge in [-0.25, -0.2) is 4.79 Å². The van der Waals surface area contributed by atoms with Crippen LogP contribution in [0.4, 0.5) is 0 Å². The Morgan fingerprint density at radius 2 is 2.25 bits per heavy atom. The Hall–Kier alpha value is -2.21. The Kier molecular flexibility index (Phi) is 3.23. The molecule has 0 bridgehead atoms. The molecule has 1 aliphatic heterocycles. The number of fused-ring (bicyclic) bond motifs is 1. The van der Waals surface area contributed by atoms with Gasteiger partial charge in [0, 0.05) is 20.1 Å². The lowest BCUT2D eigenvalue weighted by atomic mass is 9.97. The number of carboxylic acids is 1.